The SMILES string of the molecule is N#CN(CCCCCCOc1ccc(Cl)cc1)C(N)=Nc1cc[n+](COC(=O)NCC(=O)O)cc1. The Labute approximate surface area is 208 Å². The molecule has 1 aromatic carbocycles. The van der Waals surface area contributed by atoms with Crippen molar-refractivity contribution < 1.29 is 28.7 Å². The Morgan fingerprint density at radius 2 is 1.83 bits per heavy atom. The number of guanidine groups is 1. The van der Waals surface area contributed by atoms with Crippen molar-refractivity contribution in [1.29, 1.82) is 5.26 Å². The highest BCUT2D eigenvalue weighted by Crippen LogP contribution is 2.16. The molecule has 1 aromatic heterocycles. The van der Waals surface area contributed by atoms with Gasteiger partial charge in [0, 0.05) is 23.7 Å². The number of ether oxygens (including phenoxy) is 2. The molecule has 1 heterocycles. The number of nitrogens with two attached hydrogens (primary N) is 1. The second kappa shape index (κ2) is 15.0. The fraction of sp³-hybridized carbons (Fsp3) is 0.348. The maximum Gasteiger partial charge on any atom is 0.412 e. The molecule has 35 heavy (non-hydrogen) atoms. The Balaban J connectivity index is 1.68. The van der Waals surface area contributed by atoms with Gasteiger partial charge < -0.3 is 25.6 Å². The molecular formula is C23H28ClN6O5+. The molecule has 11 nitrogen and oxygen atoms in total. The van der Waals surface area contributed by atoms with Crippen molar-refractivity contribution >= 4 is 35.3 Å². The fourth-order valence-electron chi connectivity index (χ4n) is 2.80. The molecule has 0 radical (unpaired) electrons. The van der Waals surface area contributed by atoms with Crippen molar-refractivity contribution in [3.8, 4) is 11.9 Å². The molecule has 0 aliphatic rings. The Bertz CT molecular complexity index is 1020. The number of benzene rings is 1. The quantitative estimate of drug-likeness (QED) is 0.0941. The minimum Gasteiger partial charge on any atom is -0.494 e. The largest absolute Gasteiger partial charge is 0.494 e. The zero-order valence-electron chi connectivity index (χ0n) is 19.1. The number of nitriles is 1. The molecule has 2 aromatic rings. The second-order valence-corrected chi connectivity index (χ2v) is 7.75. The van der Waals surface area contributed by atoms with E-state index in [4.69, 9.17) is 31.9 Å². The van der Waals surface area contributed by atoms with Crippen molar-refractivity contribution in [2.24, 2.45) is 10.7 Å². The molecule has 0 bridgehead atoms. The average Bonchev–Trinajstić information content (AvgIpc) is 2.85. The van der Waals surface area contributed by atoms with Gasteiger partial charge in [-0.25, -0.2) is 14.7 Å². The first kappa shape index (κ1) is 27.2. The zero-order valence-corrected chi connectivity index (χ0v) is 19.9. The van der Waals surface area contributed by atoms with E-state index in [1.54, 1.807) is 41.2 Å². The number of aromatic nitrogens is 1. The number of carboxylic acids is 1. The summed E-state index contributed by atoms with van der Waals surface area (Å²) >= 11 is 5.85. The lowest BCUT2D eigenvalue weighted by molar-refractivity contribution is -0.727. The van der Waals surface area contributed by atoms with E-state index in [2.05, 4.69) is 10.3 Å². The number of rotatable bonds is 13. The van der Waals surface area contributed by atoms with E-state index in [1.807, 2.05) is 18.3 Å². The number of nitrogens with one attached hydrogen (secondary N) is 1. The lowest BCUT2D eigenvalue weighted by Crippen LogP contribution is -2.38. The lowest BCUT2D eigenvalue weighted by atomic mass is 10.2. The number of halogens is 1. The fourth-order valence-corrected chi connectivity index (χ4v) is 2.92. The molecule has 0 unspecified atom stereocenters. The first-order valence-electron chi connectivity index (χ1n) is 10.9. The highest BCUT2D eigenvalue weighted by Gasteiger charge is 2.10. The van der Waals surface area contributed by atoms with Gasteiger partial charge in [-0.15, -0.1) is 0 Å². The van der Waals surface area contributed by atoms with E-state index in [-0.39, 0.29) is 12.7 Å². The number of hydrogen-bond donors (Lipinski definition) is 3. The summed E-state index contributed by atoms with van der Waals surface area (Å²) in [4.78, 5) is 27.4. The van der Waals surface area contributed by atoms with Crippen LogP contribution in [0.1, 0.15) is 25.7 Å². The zero-order chi connectivity index (χ0) is 25.5. The molecule has 4 N–H and O–H groups in total. The maximum atomic E-state index is 11.4. The van der Waals surface area contributed by atoms with Gasteiger partial charge in [0.05, 0.1) is 12.3 Å². The van der Waals surface area contributed by atoms with Crippen LogP contribution in [0, 0.1) is 11.5 Å². The highest BCUT2D eigenvalue weighted by molar-refractivity contribution is 6.30. The highest BCUT2D eigenvalue weighted by atomic mass is 35.5. The number of hydrogen-bond acceptors (Lipinski definition) is 6. The maximum absolute atomic E-state index is 11.4. The van der Waals surface area contributed by atoms with Crippen LogP contribution in [0.3, 0.4) is 0 Å². The normalized spacial score (nSPS) is 10.8. The third kappa shape index (κ3) is 11.1. The summed E-state index contributed by atoms with van der Waals surface area (Å²) in [5.41, 5.74) is 6.51. The number of aliphatic carboxylic acids is 1. The Morgan fingerprint density at radius 3 is 2.49 bits per heavy atom. The van der Waals surface area contributed by atoms with Crippen molar-refractivity contribution in [3.63, 3.8) is 0 Å². The number of pyridine rings is 1. The molecule has 12 heteroatoms. The molecule has 0 spiro atoms. The molecule has 0 atom stereocenters. The van der Waals surface area contributed by atoms with Gasteiger partial charge in [-0.05, 0) is 37.1 Å². The van der Waals surface area contributed by atoms with Gasteiger partial charge in [-0.2, -0.15) is 9.83 Å². The summed E-state index contributed by atoms with van der Waals surface area (Å²) in [6, 6.07) is 10.5. The van der Waals surface area contributed by atoms with Gasteiger partial charge in [0.2, 0.25) is 5.96 Å². The molecule has 0 saturated heterocycles. The average molecular weight is 504 g/mol. The Kier molecular flexibility index (Phi) is 11.6. The monoisotopic (exact) mass is 503 g/mol. The van der Waals surface area contributed by atoms with Crippen LogP contribution < -0.4 is 20.4 Å². The third-order valence-electron chi connectivity index (χ3n) is 4.60. The summed E-state index contributed by atoms with van der Waals surface area (Å²) in [6.45, 7) is 0.430. The Hall–Kier alpha value is -4.04. The molecule has 186 valence electrons. The minimum absolute atomic E-state index is 0.0839. The number of carbonyl (C=O) groups excluding carboxylic acids is 1. The number of alkyl carbamates (subject to hydrolysis) is 1. The van der Waals surface area contributed by atoms with Crippen LogP contribution in [-0.4, -0.2) is 47.7 Å². The molecule has 0 aliphatic heterocycles. The van der Waals surface area contributed by atoms with Gasteiger partial charge in [0.1, 0.15) is 12.3 Å². The lowest BCUT2D eigenvalue weighted by Gasteiger charge is -2.14. The summed E-state index contributed by atoms with van der Waals surface area (Å²) in [6.07, 6.45) is 7.97. The second-order valence-electron chi connectivity index (χ2n) is 7.32. The van der Waals surface area contributed by atoms with Crippen molar-refractivity contribution in [2.45, 2.75) is 32.4 Å². The molecule has 1 amide bonds. The standard InChI is InChI=1S/C23H27ClN6O5/c24-18-5-7-20(8-6-18)34-14-4-2-1-3-11-30(16-25)22(26)28-19-9-12-29(13-10-19)17-35-23(33)27-15-21(31)32/h5-10,12-13,26H,1-4,11,14-15,17H2,(H2,27,31,32,33)/p+1. The van der Waals surface area contributed by atoms with Crippen LogP contribution >= 0.6 is 11.6 Å². The van der Waals surface area contributed by atoms with E-state index in [9.17, 15) is 14.9 Å². The van der Waals surface area contributed by atoms with Crippen molar-refractivity contribution in [3.05, 3.63) is 53.8 Å². The summed E-state index contributed by atoms with van der Waals surface area (Å²) < 4.78 is 12.1. The summed E-state index contributed by atoms with van der Waals surface area (Å²) in [7, 11) is 0. The summed E-state index contributed by atoms with van der Waals surface area (Å²) in [5.74, 6) is -0.296. The van der Waals surface area contributed by atoms with Crippen LogP contribution in [0.2, 0.25) is 5.02 Å². The van der Waals surface area contributed by atoms with E-state index in [0.717, 1.165) is 31.4 Å². The van der Waals surface area contributed by atoms with Crippen molar-refractivity contribution in [2.75, 3.05) is 19.7 Å². The van der Waals surface area contributed by atoms with Gasteiger partial charge >= 0.3 is 12.1 Å². The first-order chi connectivity index (χ1) is 16.9. The third-order valence-corrected chi connectivity index (χ3v) is 4.85. The predicted molar refractivity (Wildman–Crippen MR) is 128 cm³/mol. The number of amides is 1. The predicted octanol–water partition coefficient (Wildman–Crippen LogP) is 2.76. The molecule has 2 rings (SSSR count). The number of aliphatic imine (C=N–C) groups is 1. The number of nitrogens with zero attached hydrogens (tertiary/aromatic N) is 4. The van der Waals surface area contributed by atoms with Crippen LogP contribution in [0.25, 0.3) is 0 Å². The molecule has 0 aliphatic carbocycles. The Morgan fingerprint density at radius 1 is 1.14 bits per heavy atom. The smallest absolute Gasteiger partial charge is 0.412 e. The van der Waals surface area contributed by atoms with E-state index < -0.39 is 18.6 Å². The van der Waals surface area contributed by atoms with Crippen LogP contribution in [0.15, 0.2) is 53.8 Å². The molecule has 0 saturated carbocycles. The van der Waals surface area contributed by atoms with E-state index in [0.29, 0.717) is 23.9 Å². The first-order valence-corrected chi connectivity index (χ1v) is 11.3. The molecule has 0 fully saturated rings. The topological polar surface area (TPSA) is 154 Å². The number of unbranched alkanes of at least 4 members (excludes halogenated alkanes) is 3. The van der Waals surface area contributed by atoms with Crippen LogP contribution in [0.4, 0.5) is 10.5 Å². The number of carboxylic acid groups (broad SMARTS) is 1. The van der Waals surface area contributed by atoms with Gasteiger partial charge in [0.15, 0.2) is 18.6 Å². The van der Waals surface area contributed by atoms with Crippen molar-refractivity contribution in [1.82, 2.24) is 10.2 Å². The van der Waals surface area contributed by atoms with E-state index in [1.165, 1.54) is 4.90 Å². The van der Waals surface area contributed by atoms with Gasteiger partial charge in [-0.1, -0.05) is 24.4 Å². The minimum atomic E-state index is -1.17. The van der Waals surface area contributed by atoms with Crippen LogP contribution in [-0.2, 0) is 16.3 Å². The summed E-state index contributed by atoms with van der Waals surface area (Å²) in [5, 5.41) is 20.7. The van der Waals surface area contributed by atoms with Gasteiger partial charge in [0.25, 0.3) is 6.73 Å². The van der Waals surface area contributed by atoms with E-state index >= 15 is 0 Å². The van der Waals surface area contributed by atoms with Gasteiger partial charge in [-0.3, -0.25) is 4.79 Å². The number of carbonyl (C=O) groups is 2. The van der Waals surface area contributed by atoms with Crippen LogP contribution in [0.5, 0.6) is 5.75 Å². The molecular weight excluding hydrogens is 476 g/mol.